The molecule has 454 valence electrons. The number of allylic oxidation sites excluding steroid dienone is 10. The zero-order valence-corrected chi connectivity index (χ0v) is 52.2. The summed E-state index contributed by atoms with van der Waals surface area (Å²) in [7, 11) is 0. The van der Waals surface area contributed by atoms with Crippen molar-refractivity contribution in [2.75, 3.05) is 13.2 Å². The monoisotopic (exact) mass is 1090 g/mol. The first-order valence-corrected chi connectivity index (χ1v) is 34.3. The Morgan fingerprint density at radius 1 is 0.269 bits per heavy atom. The zero-order chi connectivity index (χ0) is 56.4. The van der Waals surface area contributed by atoms with Crippen molar-refractivity contribution in [3.8, 4) is 0 Å². The SMILES string of the molecule is CC/C=C\C/C=C\C/C=C\C/C=C\CCC(=O)OCC(COC(=O)CCCCCCCCCCCCCCCCCCC/C=C\CCCCCCCCCC)OC(=O)CCCCCCCCCCCCCCCCCCCC. The molecule has 0 amide bonds. The molecular weight excluding hydrogens is 961 g/mol. The van der Waals surface area contributed by atoms with Crippen LogP contribution in [0.3, 0.4) is 0 Å². The molecule has 6 nitrogen and oxygen atoms in total. The average molecular weight is 1090 g/mol. The molecule has 78 heavy (non-hydrogen) atoms. The summed E-state index contributed by atoms with van der Waals surface area (Å²) in [6.45, 7) is 6.52. The van der Waals surface area contributed by atoms with E-state index in [1.54, 1.807) is 0 Å². The van der Waals surface area contributed by atoms with E-state index in [2.05, 4.69) is 75.5 Å². The van der Waals surface area contributed by atoms with Gasteiger partial charge in [0, 0.05) is 19.3 Å². The van der Waals surface area contributed by atoms with E-state index in [4.69, 9.17) is 14.2 Å². The smallest absolute Gasteiger partial charge is 0.306 e. The number of carbonyl (C=O) groups excluding carboxylic acids is 3. The topological polar surface area (TPSA) is 78.9 Å². The number of esters is 3. The Kier molecular flexibility index (Phi) is 64.2. The Balaban J connectivity index is 4.21. The van der Waals surface area contributed by atoms with Gasteiger partial charge in [-0.05, 0) is 70.6 Å². The van der Waals surface area contributed by atoms with Crippen LogP contribution in [0.1, 0.15) is 361 Å². The molecular formula is C72H130O6. The van der Waals surface area contributed by atoms with Gasteiger partial charge in [0.15, 0.2) is 6.10 Å². The molecule has 0 spiro atoms. The molecule has 0 aromatic heterocycles. The van der Waals surface area contributed by atoms with Crippen molar-refractivity contribution in [2.45, 2.75) is 367 Å². The maximum Gasteiger partial charge on any atom is 0.306 e. The summed E-state index contributed by atoms with van der Waals surface area (Å²) in [6, 6.07) is 0. The molecule has 1 atom stereocenters. The van der Waals surface area contributed by atoms with Crippen LogP contribution in [0.2, 0.25) is 0 Å². The Hall–Kier alpha value is -2.89. The van der Waals surface area contributed by atoms with Gasteiger partial charge in [0.25, 0.3) is 0 Å². The van der Waals surface area contributed by atoms with Gasteiger partial charge in [-0.15, -0.1) is 0 Å². The van der Waals surface area contributed by atoms with Crippen molar-refractivity contribution >= 4 is 17.9 Å². The van der Waals surface area contributed by atoms with Crippen molar-refractivity contribution in [3.63, 3.8) is 0 Å². The predicted octanol–water partition coefficient (Wildman–Crippen LogP) is 23.5. The molecule has 0 N–H and O–H groups in total. The van der Waals surface area contributed by atoms with Crippen LogP contribution < -0.4 is 0 Å². The van der Waals surface area contributed by atoms with Crippen LogP contribution in [0.5, 0.6) is 0 Å². The third-order valence-corrected chi connectivity index (χ3v) is 15.3. The van der Waals surface area contributed by atoms with Gasteiger partial charge in [-0.1, -0.05) is 332 Å². The molecule has 0 saturated carbocycles. The van der Waals surface area contributed by atoms with Gasteiger partial charge < -0.3 is 14.2 Å². The summed E-state index contributed by atoms with van der Waals surface area (Å²) in [5.74, 6) is -0.955. The molecule has 6 heteroatoms. The van der Waals surface area contributed by atoms with Gasteiger partial charge in [0.2, 0.25) is 0 Å². The lowest BCUT2D eigenvalue weighted by Gasteiger charge is -2.18. The van der Waals surface area contributed by atoms with Gasteiger partial charge in [-0.2, -0.15) is 0 Å². The summed E-state index contributed by atoms with van der Waals surface area (Å²) in [6.07, 6.45) is 85.6. The fourth-order valence-corrected chi connectivity index (χ4v) is 10.2. The minimum absolute atomic E-state index is 0.0917. The highest BCUT2D eigenvalue weighted by Crippen LogP contribution is 2.18. The summed E-state index contributed by atoms with van der Waals surface area (Å²) >= 11 is 0. The number of carbonyl (C=O) groups is 3. The highest BCUT2D eigenvalue weighted by Gasteiger charge is 2.19. The summed E-state index contributed by atoms with van der Waals surface area (Å²) < 4.78 is 16.9. The number of unbranched alkanes of at least 4 members (excludes halogenated alkanes) is 42. The van der Waals surface area contributed by atoms with Crippen molar-refractivity contribution in [2.24, 2.45) is 0 Å². The Morgan fingerprint density at radius 3 is 0.859 bits per heavy atom. The normalized spacial score (nSPS) is 12.4. The Morgan fingerprint density at radius 2 is 0.526 bits per heavy atom. The fourth-order valence-electron chi connectivity index (χ4n) is 10.2. The highest BCUT2D eigenvalue weighted by molar-refractivity contribution is 5.71. The van der Waals surface area contributed by atoms with Crippen molar-refractivity contribution < 1.29 is 28.6 Å². The number of hydrogen-bond acceptors (Lipinski definition) is 6. The van der Waals surface area contributed by atoms with E-state index in [0.717, 1.165) is 64.2 Å². The highest BCUT2D eigenvalue weighted by atomic mass is 16.6. The average Bonchev–Trinajstić information content (AvgIpc) is 3.44. The van der Waals surface area contributed by atoms with Crippen LogP contribution in [0.25, 0.3) is 0 Å². The third-order valence-electron chi connectivity index (χ3n) is 15.3. The number of ether oxygens (including phenoxy) is 3. The minimum Gasteiger partial charge on any atom is -0.462 e. The lowest BCUT2D eigenvalue weighted by atomic mass is 10.0. The van der Waals surface area contributed by atoms with E-state index in [1.165, 1.54) is 250 Å². The Labute approximate surface area is 485 Å². The summed E-state index contributed by atoms with van der Waals surface area (Å²) in [5.41, 5.74) is 0. The molecule has 0 fully saturated rings. The largest absolute Gasteiger partial charge is 0.462 e. The van der Waals surface area contributed by atoms with Crippen molar-refractivity contribution in [3.05, 3.63) is 60.8 Å². The molecule has 0 saturated heterocycles. The molecule has 0 bridgehead atoms. The first-order valence-electron chi connectivity index (χ1n) is 34.3. The van der Waals surface area contributed by atoms with Gasteiger partial charge in [-0.3, -0.25) is 14.4 Å². The fraction of sp³-hybridized carbons (Fsp3) is 0.819. The van der Waals surface area contributed by atoms with Crippen LogP contribution in [-0.2, 0) is 28.6 Å². The molecule has 0 radical (unpaired) electrons. The van der Waals surface area contributed by atoms with Crippen LogP contribution >= 0.6 is 0 Å². The maximum absolute atomic E-state index is 12.9. The predicted molar refractivity (Wildman–Crippen MR) is 339 cm³/mol. The molecule has 0 aromatic carbocycles. The lowest BCUT2D eigenvalue weighted by Crippen LogP contribution is -2.30. The molecule has 0 rings (SSSR count). The van der Waals surface area contributed by atoms with Crippen LogP contribution in [0.15, 0.2) is 60.8 Å². The van der Waals surface area contributed by atoms with E-state index < -0.39 is 6.10 Å². The van der Waals surface area contributed by atoms with Gasteiger partial charge in [0.1, 0.15) is 13.2 Å². The lowest BCUT2D eigenvalue weighted by molar-refractivity contribution is -0.166. The third kappa shape index (κ3) is 63.9. The van der Waals surface area contributed by atoms with E-state index >= 15 is 0 Å². The van der Waals surface area contributed by atoms with Crippen molar-refractivity contribution in [1.82, 2.24) is 0 Å². The van der Waals surface area contributed by atoms with E-state index in [1.807, 2.05) is 6.08 Å². The second-order valence-electron chi connectivity index (χ2n) is 23.1. The van der Waals surface area contributed by atoms with Crippen LogP contribution in [0.4, 0.5) is 0 Å². The van der Waals surface area contributed by atoms with E-state index in [-0.39, 0.29) is 37.5 Å². The Bertz CT molecular complexity index is 1390. The van der Waals surface area contributed by atoms with Gasteiger partial charge in [-0.25, -0.2) is 0 Å². The first-order chi connectivity index (χ1) is 38.5. The number of hydrogen-bond donors (Lipinski definition) is 0. The molecule has 0 heterocycles. The van der Waals surface area contributed by atoms with E-state index in [0.29, 0.717) is 19.3 Å². The number of rotatable bonds is 63. The molecule has 0 aliphatic carbocycles. The summed E-state index contributed by atoms with van der Waals surface area (Å²) in [4.78, 5) is 38.3. The van der Waals surface area contributed by atoms with Crippen LogP contribution in [-0.4, -0.2) is 37.2 Å². The van der Waals surface area contributed by atoms with E-state index in [9.17, 15) is 14.4 Å². The van der Waals surface area contributed by atoms with Gasteiger partial charge >= 0.3 is 17.9 Å². The molecule has 0 aliphatic rings. The quantitative estimate of drug-likeness (QED) is 0.0261. The second-order valence-corrected chi connectivity index (χ2v) is 23.1. The van der Waals surface area contributed by atoms with Crippen molar-refractivity contribution in [1.29, 1.82) is 0 Å². The molecule has 1 unspecified atom stereocenters. The summed E-state index contributed by atoms with van der Waals surface area (Å²) in [5, 5.41) is 0. The maximum atomic E-state index is 12.9. The van der Waals surface area contributed by atoms with Gasteiger partial charge in [0.05, 0.1) is 0 Å². The standard InChI is InChI=1S/C72H130O6/c1-4-7-10-13-16-19-22-25-27-29-31-32-33-34-35-36-37-38-39-40-41-43-44-47-50-53-56-59-62-65-71(74)77-68-69(67-76-70(73)64-61-58-55-52-49-46-24-21-18-15-12-9-6-3)78-72(75)66-63-60-57-54-51-48-45-42-30-28-26-23-20-17-14-11-8-5-2/h9,12,18,21,29,31,46,49,55,58,69H,4-8,10-11,13-17,19-20,22-28,30,32-45,47-48,50-54,56-57,59-68H2,1-3H3/b12-9-,21-18-,31-29-,49-46-,58-55-. The first kappa shape index (κ1) is 75.1. The second kappa shape index (κ2) is 66.6. The molecule has 0 aromatic rings. The minimum atomic E-state index is -0.801. The van der Waals surface area contributed by atoms with Crippen LogP contribution in [0, 0.1) is 0 Å². The zero-order valence-electron chi connectivity index (χ0n) is 52.2. The molecule has 0 aliphatic heterocycles.